The molecule has 6 heteroatoms. The van der Waals surface area contributed by atoms with Gasteiger partial charge in [0.15, 0.2) is 0 Å². The van der Waals surface area contributed by atoms with Gasteiger partial charge in [-0.25, -0.2) is 4.79 Å². The molecule has 1 aliphatic carbocycles. The van der Waals surface area contributed by atoms with Gasteiger partial charge in [0.25, 0.3) is 0 Å². The zero-order valence-electron chi connectivity index (χ0n) is 10.9. The molecule has 1 aromatic heterocycles. The van der Waals surface area contributed by atoms with Gasteiger partial charge in [-0.15, -0.1) is 0 Å². The number of rotatable bonds is 6. The second kappa shape index (κ2) is 5.77. The van der Waals surface area contributed by atoms with Crippen LogP contribution in [0.1, 0.15) is 24.8 Å². The summed E-state index contributed by atoms with van der Waals surface area (Å²) in [5.74, 6) is -0.879. The van der Waals surface area contributed by atoms with Crippen molar-refractivity contribution in [2.45, 2.75) is 31.8 Å². The Morgan fingerprint density at radius 2 is 2.21 bits per heavy atom. The van der Waals surface area contributed by atoms with Gasteiger partial charge in [-0.3, -0.25) is 4.79 Å². The van der Waals surface area contributed by atoms with Crippen molar-refractivity contribution in [3.05, 3.63) is 24.2 Å². The maximum absolute atomic E-state index is 12.3. The number of carbonyl (C=O) groups excluding carboxylic acids is 1. The largest absolute Gasteiger partial charge is 0.481 e. The Bertz CT molecular complexity index is 440. The Kier molecular flexibility index (Phi) is 4.09. The van der Waals surface area contributed by atoms with Crippen LogP contribution in [-0.4, -0.2) is 46.5 Å². The lowest BCUT2D eigenvalue weighted by Gasteiger charge is -2.27. The van der Waals surface area contributed by atoms with Crippen LogP contribution in [0.25, 0.3) is 0 Å². The van der Waals surface area contributed by atoms with Crippen LogP contribution in [0.4, 0.5) is 4.79 Å². The van der Waals surface area contributed by atoms with E-state index in [1.807, 2.05) is 6.07 Å². The molecule has 1 N–H and O–H groups in total. The molecule has 2 rings (SSSR count). The van der Waals surface area contributed by atoms with E-state index >= 15 is 0 Å². The average molecular weight is 266 g/mol. The summed E-state index contributed by atoms with van der Waals surface area (Å²) in [6.07, 6.45) is 5.08. The predicted molar refractivity (Wildman–Crippen MR) is 67.6 cm³/mol. The third-order valence-electron chi connectivity index (χ3n) is 3.13. The van der Waals surface area contributed by atoms with Gasteiger partial charge in [0, 0.05) is 25.2 Å². The first-order chi connectivity index (χ1) is 9.08. The highest BCUT2D eigenvalue weighted by molar-refractivity contribution is 5.76. The fraction of sp³-hybridized carbons (Fsp3) is 0.538. The molecular weight excluding hydrogens is 248 g/mol. The maximum atomic E-state index is 12.3. The van der Waals surface area contributed by atoms with Crippen LogP contribution in [0.15, 0.2) is 23.0 Å². The lowest BCUT2D eigenvalue weighted by Crippen LogP contribution is -2.43. The Morgan fingerprint density at radius 1 is 1.47 bits per heavy atom. The number of aliphatic carboxylic acids is 1. The number of carboxylic acids is 1. The van der Waals surface area contributed by atoms with E-state index < -0.39 is 5.97 Å². The normalized spacial score (nSPS) is 14.2. The summed E-state index contributed by atoms with van der Waals surface area (Å²) in [6, 6.07) is 1.89. The third kappa shape index (κ3) is 3.74. The van der Waals surface area contributed by atoms with Gasteiger partial charge >= 0.3 is 12.0 Å². The zero-order chi connectivity index (χ0) is 13.8. The molecule has 0 atom stereocenters. The molecule has 0 spiro atoms. The molecule has 6 nitrogen and oxygen atoms in total. The van der Waals surface area contributed by atoms with Crippen molar-refractivity contribution in [3.8, 4) is 0 Å². The van der Waals surface area contributed by atoms with Crippen molar-refractivity contribution in [3.63, 3.8) is 0 Å². The second-order valence-corrected chi connectivity index (χ2v) is 4.84. The molecule has 0 aliphatic heterocycles. The van der Waals surface area contributed by atoms with E-state index in [4.69, 9.17) is 9.52 Å². The third-order valence-corrected chi connectivity index (χ3v) is 3.13. The summed E-state index contributed by atoms with van der Waals surface area (Å²) < 4.78 is 4.97. The number of nitrogens with zero attached hydrogens (tertiary/aromatic N) is 2. The first-order valence-corrected chi connectivity index (χ1v) is 6.32. The molecule has 2 amide bonds. The summed E-state index contributed by atoms with van der Waals surface area (Å²) in [7, 11) is 1.71. The first-order valence-electron chi connectivity index (χ1n) is 6.32. The summed E-state index contributed by atoms with van der Waals surface area (Å²) in [6.45, 7) is 0.736. The van der Waals surface area contributed by atoms with Crippen LogP contribution >= 0.6 is 0 Å². The van der Waals surface area contributed by atoms with Crippen LogP contribution in [0.3, 0.4) is 0 Å². The van der Waals surface area contributed by atoms with Crippen LogP contribution in [0.2, 0.25) is 0 Å². The summed E-state index contributed by atoms with van der Waals surface area (Å²) in [4.78, 5) is 26.2. The number of carboxylic acid groups (broad SMARTS) is 1. The standard InChI is InChI=1S/C13H18N2O4/c1-14(8-10-5-7-19-9-10)13(18)15(11-2-3-11)6-4-12(16)17/h5,7,9,11H,2-4,6,8H2,1H3,(H,16,17). The number of furan rings is 1. The molecule has 1 fully saturated rings. The fourth-order valence-corrected chi connectivity index (χ4v) is 1.98. The summed E-state index contributed by atoms with van der Waals surface area (Å²) >= 11 is 0. The highest BCUT2D eigenvalue weighted by atomic mass is 16.4. The van der Waals surface area contributed by atoms with E-state index in [-0.39, 0.29) is 25.0 Å². The van der Waals surface area contributed by atoms with E-state index in [0.717, 1.165) is 18.4 Å². The molecule has 0 radical (unpaired) electrons. The van der Waals surface area contributed by atoms with Gasteiger partial charge < -0.3 is 19.3 Å². The Balaban J connectivity index is 1.92. The quantitative estimate of drug-likeness (QED) is 0.851. The Morgan fingerprint density at radius 3 is 2.74 bits per heavy atom. The molecular formula is C13H18N2O4. The van der Waals surface area contributed by atoms with Gasteiger partial charge in [0.05, 0.1) is 25.5 Å². The van der Waals surface area contributed by atoms with Gasteiger partial charge in [-0.1, -0.05) is 0 Å². The SMILES string of the molecule is CN(Cc1ccoc1)C(=O)N(CCC(=O)O)C1CC1. The van der Waals surface area contributed by atoms with Gasteiger partial charge in [0.2, 0.25) is 0 Å². The van der Waals surface area contributed by atoms with Crippen LogP contribution in [0.5, 0.6) is 0 Å². The Labute approximate surface area is 111 Å². The Hall–Kier alpha value is -1.98. The minimum Gasteiger partial charge on any atom is -0.481 e. The first kappa shape index (κ1) is 13.5. The molecule has 104 valence electrons. The summed E-state index contributed by atoms with van der Waals surface area (Å²) in [5, 5.41) is 8.73. The average Bonchev–Trinajstić information content (AvgIpc) is 3.06. The van der Waals surface area contributed by atoms with E-state index in [2.05, 4.69) is 0 Å². The highest BCUT2D eigenvalue weighted by Gasteiger charge is 2.34. The van der Waals surface area contributed by atoms with Crippen molar-refractivity contribution >= 4 is 12.0 Å². The highest BCUT2D eigenvalue weighted by Crippen LogP contribution is 2.28. The minimum atomic E-state index is -0.879. The smallest absolute Gasteiger partial charge is 0.320 e. The van der Waals surface area contributed by atoms with Crippen LogP contribution in [-0.2, 0) is 11.3 Å². The second-order valence-electron chi connectivity index (χ2n) is 4.84. The van der Waals surface area contributed by atoms with Crippen LogP contribution < -0.4 is 0 Å². The number of amides is 2. The zero-order valence-corrected chi connectivity index (χ0v) is 10.9. The molecule has 1 saturated carbocycles. The number of carbonyl (C=O) groups is 2. The van der Waals surface area contributed by atoms with E-state index in [1.165, 1.54) is 0 Å². The van der Waals surface area contributed by atoms with E-state index in [9.17, 15) is 9.59 Å². The van der Waals surface area contributed by atoms with Gasteiger partial charge in [-0.2, -0.15) is 0 Å². The van der Waals surface area contributed by atoms with Crippen molar-refractivity contribution < 1.29 is 19.1 Å². The van der Waals surface area contributed by atoms with E-state index in [0.29, 0.717) is 6.54 Å². The molecule has 1 aromatic rings. The maximum Gasteiger partial charge on any atom is 0.320 e. The summed E-state index contributed by atoms with van der Waals surface area (Å²) in [5.41, 5.74) is 0.921. The molecule has 0 aromatic carbocycles. The number of urea groups is 1. The molecule has 19 heavy (non-hydrogen) atoms. The van der Waals surface area contributed by atoms with Gasteiger partial charge in [-0.05, 0) is 18.9 Å². The lowest BCUT2D eigenvalue weighted by molar-refractivity contribution is -0.137. The molecule has 0 unspecified atom stereocenters. The van der Waals surface area contributed by atoms with Crippen molar-refractivity contribution in [1.29, 1.82) is 0 Å². The monoisotopic (exact) mass is 266 g/mol. The van der Waals surface area contributed by atoms with Gasteiger partial charge in [0.1, 0.15) is 0 Å². The molecule has 0 bridgehead atoms. The molecule has 1 aliphatic rings. The number of hydrogen-bond acceptors (Lipinski definition) is 3. The topological polar surface area (TPSA) is 74.0 Å². The van der Waals surface area contributed by atoms with E-state index in [1.54, 1.807) is 29.4 Å². The van der Waals surface area contributed by atoms with Crippen molar-refractivity contribution in [2.24, 2.45) is 0 Å². The lowest BCUT2D eigenvalue weighted by atomic mass is 10.3. The van der Waals surface area contributed by atoms with Crippen LogP contribution in [0, 0.1) is 0 Å². The minimum absolute atomic E-state index is 0.0121. The molecule has 1 heterocycles. The fourth-order valence-electron chi connectivity index (χ4n) is 1.98. The number of hydrogen-bond donors (Lipinski definition) is 1. The van der Waals surface area contributed by atoms with Crippen molar-refractivity contribution in [2.75, 3.05) is 13.6 Å². The van der Waals surface area contributed by atoms with Crippen molar-refractivity contribution in [1.82, 2.24) is 9.80 Å². The molecule has 0 saturated heterocycles. The predicted octanol–water partition coefficient (Wildman–Crippen LogP) is 1.77.